The number of halogens is 3. The fraction of sp³-hybridized carbons (Fsp3) is 0.528. The van der Waals surface area contributed by atoms with E-state index in [4.69, 9.17) is 44.5 Å². The average molecular weight is 746 g/mol. The normalized spacial score (nSPS) is 29.5. The number of benzene rings is 1. The Hall–Kier alpha value is -2.14. The van der Waals surface area contributed by atoms with E-state index >= 15 is 0 Å². The quantitative estimate of drug-likeness (QED) is 0.183. The number of hydrogen-bond donors (Lipinski definition) is 1. The molecule has 2 aromatic heterocycles. The highest BCUT2D eigenvalue weighted by molar-refractivity contribution is 7.21. The topological polar surface area (TPSA) is 74.8 Å². The van der Waals surface area contributed by atoms with Gasteiger partial charge in [0.2, 0.25) is 0 Å². The third kappa shape index (κ3) is 6.11. The minimum absolute atomic E-state index is 0.261. The van der Waals surface area contributed by atoms with E-state index in [1.165, 1.54) is 56.4 Å². The second kappa shape index (κ2) is 13.2. The van der Waals surface area contributed by atoms with Crippen molar-refractivity contribution in [1.29, 1.82) is 0 Å². The van der Waals surface area contributed by atoms with Gasteiger partial charge in [0, 0.05) is 47.3 Å². The molecule has 7 nitrogen and oxygen atoms in total. The van der Waals surface area contributed by atoms with Crippen molar-refractivity contribution >= 4 is 85.6 Å². The predicted octanol–water partition coefficient (Wildman–Crippen LogP) is 9.39. The number of nitrogens with one attached hydrogen (secondary N) is 1. The molecule has 4 bridgehead atoms. The second-order valence-corrected chi connectivity index (χ2v) is 17.5. The SMILES string of the molecule is CCOC(=O)/C(C)=C/c1c(Cl)cc(C(=O)Nc2nc(-c3cc(Cl)cs3)c(N3C[C@H]4CCN(C5C6CC7CC(C6)CC5C7)[C@H]4C3)s2)cc1Cl. The first-order chi connectivity index (χ1) is 23.1. The highest BCUT2D eigenvalue weighted by atomic mass is 35.5. The number of nitrogens with zero attached hydrogens (tertiary/aromatic N) is 3. The van der Waals surface area contributed by atoms with Gasteiger partial charge in [-0.1, -0.05) is 46.1 Å². The summed E-state index contributed by atoms with van der Waals surface area (Å²) >= 11 is 22.6. The van der Waals surface area contributed by atoms with Crippen LogP contribution in [-0.4, -0.2) is 60.1 Å². The molecule has 2 atom stereocenters. The van der Waals surface area contributed by atoms with Gasteiger partial charge in [-0.05, 0) is 113 Å². The fourth-order valence-corrected chi connectivity index (χ4v) is 12.4. The summed E-state index contributed by atoms with van der Waals surface area (Å²) in [6, 6.07) is 6.40. The van der Waals surface area contributed by atoms with Crippen LogP contribution in [0.5, 0.6) is 0 Å². The van der Waals surface area contributed by atoms with Crippen LogP contribution >= 0.6 is 57.5 Å². The molecule has 6 fully saturated rings. The lowest BCUT2D eigenvalue weighted by atomic mass is 9.54. The van der Waals surface area contributed by atoms with Crippen LogP contribution in [0.2, 0.25) is 15.1 Å². The Morgan fingerprint density at radius 1 is 1.02 bits per heavy atom. The van der Waals surface area contributed by atoms with Crippen LogP contribution in [0.4, 0.5) is 10.1 Å². The number of rotatable bonds is 8. The number of aromatic nitrogens is 1. The van der Waals surface area contributed by atoms with Crippen molar-refractivity contribution in [2.45, 2.75) is 64.5 Å². The van der Waals surface area contributed by atoms with Gasteiger partial charge in [0.1, 0.15) is 10.7 Å². The molecule has 4 heterocycles. The fourth-order valence-electron chi connectivity index (χ4n) is 9.69. The first kappa shape index (κ1) is 33.0. The summed E-state index contributed by atoms with van der Waals surface area (Å²) in [5.74, 6) is 3.57. The summed E-state index contributed by atoms with van der Waals surface area (Å²) in [4.78, 5) is 37.0. The number of thiophene rings is 1. The zero-order valence-electron chi connectivity index (χ0n) is 27.0. The molecule has 12 heteroatoms. The van der Waals surface area contributed by atoms with E-state index in [2.05, 4.69) is 15.1 Å². The zero-order valence-corrected chi connectivity index (χ0v) is 30.9. The Bertz CT molecular complexity index is 1740. The molecule has 3 aromatic rings. The molecular formula is C36H39Cl3N4O3S2. The Morgan fingerprint density at radius 3 is 2.38 bits per heavy atom. The summed E-state index contributed by atoms with van der Waals surface area (Å²) < 4.78 is 5.06. The van der Waals surface area contributed by atoms with Crippen LogP contribution in [0, 0.1) is 29.6 Å². The van der Waals surface area contributed by atoms with E-state index < -0.39 is 5.97 Å². The van der Waals surface area contributed by atoms with Crippen molar-refractivity contribution in [2.24, 2.45) is 29.6 Å². The van der Waals surface area contributed by atoms with Crippen molar-refractivity contribution in [3.05, 3.63) is 55.3 Å². The number of ether oxygens (including phenoxy) is 1. The lowest BCUT2D eigenvalue weighted by Crippen LogP contribution is -2.57. The first-order valence-electron chi connectivity index (χ1n) is 17.1. The van der Waals surface area contributed by atoms with Crippen molar-refractivity contribution < 1.29 is 14.3 Å². The molecule has 4 saturated carbocycles. The summed E-state index contributed by atoms with van der Waals surface area (Å²) in [6.45, 7) is 6.87. The molecule has 254 valence electrons. The molecule has 6 aliphatic rings. The molecule has 48 heavy (non-hydrogen) atoms. The van der Waals surface area contributed by atoms with Gasteiger partial charge in [0.15, 0.2) is 5.13 Å². The number of anilines is 2. The molecule has 1 aromatic carbocycles. The van der Waals surface area contributed by atoms with Gasteiger partial charge in [0.05, 0.1) is 26.6 Å². The minimum atomic E-state index is -0.448. The monoisotopic (exact) mass is 744 g/mol. The van der Waals surface area contributed by atoms with E-state index in [1.807, 2.05) is 11.4 Å². The maximum Gasteiger partial charge on any atom is 0.333 e. The Balaban J connectivity index is 1.03. The molecule has 9 rings (SSSR count). The number of amides is 1. The van der Waals surface area contributed by atoms with Crippen molar-refractivity contribution in [3.63, 3.8) is 0 Å². The predicted molar refractivity (Wildman–Crippen MR) is 197 cm³/mol. The lowest BCUT2D eigenvalue weighted by molar-refractivity contribution is -0.138. The summed E-state index contributed by atoms with van der Waals surface area (Å²) in [7, 11) is 0. The Morgan fingerprint density at radius 2 is 1.73 bits per heavy atom. The largest absolute Gasteiger partial charge is 0.463 e. The number of esters is 1. The van der Waals surface area contributed by atoms with Crippen LogP contribution in [0.15, 0.2) is 29.2 Å². The van der Waals surface area contributed by atoms with Gasteiger partial charge in [-0.25, -0.2) is 9.78 Å². The van der Waals surface area contributed by atoms with E-state index in [-0.39, 0.29) is 22.6 Å². The van der Waals surface area contributed by atoms with Gasteiger partial charge in [-0.15, -0.1) is 11.3 Å². The molecule has 4 aliphatic carbocycles. The molecule has 2 saturated heterocycles. The molecule has 1 amide bonds. The molecule has 1 N–H and O–H groups in total. The van der Waals surface area contributed by atoms with Crippen molar-refractivity contribution in [3.8, 4) is 10.6 Å². The highest BCUT2D eigenvalue weighted by Crippen LogP contribution is 2.57. The number of carbonyl (C=O) groups excluding carboxylic acids is 2. The summed E-state index contributed by atoms with van der Waals surface area (Å²) in [5, 5.41) is 7.73. The second-order valence-electron chi connectivity index (χ2n) is 14.3. The smallest absolute Gasteiger partial charge is 0.333 e. The van der Waals surface area contributed by atoms with Crippen molar-refractivity contribution in [1.82, 2.24) is 9.88 Å². The highest BCUT2D eigenvalue weighted by Gasteiger charge is 2.54. The third-order valence-corrected chi connectivity index (χ3v) is 14.3. The van der Waals surface area contributed by atoms with E-state index in [0.717, 1.165) is 58.4 Å². The lowest BCUT2D eigenvalue weighted by Gasteiger charge is -2.57. The number of thiazole rings is 1. The number of likely N-dealkylation sites (tertiary alicyclic amines) is 1. The number of carbonyl (C=O) groups is 2. The third-order valence-electron chi connectivity index (χ3n) is 11.4. The summed E-state index contributed by atoms with van der Waals surface area (Å²) in [5.41, 5.74) is 1.98. The van der Waals surface area contributed by atoms with E-state index in [1.54, 1.807) is 43.4 Å². The van der Waals surface area contributed by atoms with Crippen LogP contribution < -0.4 is 10.2 Å². The Labute approximate surface area is 304 Å². The molecule has 0 radical (unpaired) electrons. The van der Waals surface area contributed by atoms with Crippen LogP contribution in [-0.2, 0) is 9.53 Å². The average Bonchev–Trinajstić information content (AvgIpc) is 3.83. The maximum absolute atomic E-state index is 13.5. The minimum Gasteiger partial charge on any atom is -0.463 e. The van der Waals surface area contributed by atoms with Crippen molar-refractivity contribution in [2.75, 3.05) is 36.5 Å². The summed E-state index contributed by atoms with van der Waals surface area (Å²) in [6.07, 6.45) is 10.1. The van der Waals surface area contributed by atoms with Gasteiger partial charge in [-0.2, -0.15) is 0 Å². The molecule has 0 unspecified atom stereocenters. The first-order valence-corrected chi connectivity index (χ1v) is 19.9. The van der Waals surface area contributed by atoms with Crippen LogP contribution in [0.1, 0.15) is 68.3 Å². The standard InChI is InChI=1S/C36H39Cl3N4O3S2/c1-3-46-35(45)18(2)6-26-27(38)12-24(13-28(26)39)33(44)41-36-40-31(30-14-25(37)17-47-30)34(48-36)42-15-21-4-5-43(29(21)16-42)32-22-8-19-7-20(10-22)11-23(32)9-19/h6,12-14,17,19-23,29,32H,3-5,7-11,15-16H2,1-2H3,(H,40,41,44)/b18-6+/t19?,20?,21-,22?,23?,29+,32?/m1/s1. The molecule has 2 aliphatic heterocycles. The molecule has 0 spiro atoms. The Kier molecular flexibility index (Phi) is 9.08. The van der Waals surface area contributed by atoms with Gasteiger partial charge < -0.3 is 9.64 Å². The van der Waals surface area contributed by atoms with Gasteiger partial charge in [0.25, 0.3) is 5.91 Å². The maximum atomic E-state index is 13.5. The number of fused-ring (bicyclic) bond motifs is 1. The van der Waals surface area contributed by atoms with E-state index in [9.17, 15) is 9.59 Å². The zero-order chi connectivity index (χ0) is 33.3. The molecular weight excluding hydrogens is 707 g/mol. The van der Waals surface area contributed by atoms with Gasteiger partial charge in [-0.3, -0.25) is 15.0 Å². The number of hydrogen-bond acceptors (Lipinski definition) is 8. The van der Waals surface area contributed by atoms with E-state index in [0.29, 0.717) is 38.8 Å². The van der Waals surface area contributed by atoms with Gasteiger partial charge >= 0.3 is 5.97 Å². The van der Waals surface area contributed by atoms with Crippen LogP contribution in [0.3, 0.4) is 0 Å². The van der Waals surface area contributed by atoms with Crippen LogP contribution in [0.25, 0.3) is 16.6 Å².